The number of hydrogen-bond donors (Lipinski definition) is 2. The number of nitrogens with zero attached hydrogens (tertiary/aromatic N) is 3. The minimum Gasteiger partial charge on any atom is -0.354 e. The Labute approximate surface area is 108 Å². The lowest BCUT2D eigenvalue weighted by Gasteiger charge is -2.06. The van der Waals surface area contributed by atoms with Gasteiger partial charge in [0, 0.05) is 12.7 Å². The van der Waals surface area contributed by atoms with Crippen LogP contribution in [0.1, 0.15) is 32.4 Å². The van der Waals surface area contributed by atoms with Gasteiger partial charge >= 0.3 is 0 Å². The Morgan fingerprint density at radius 2 is 2.33 bits per heavy atom. The number of amides is 1. The molecule has 1 heterocycles. The van der Waals surface area contributed by atoms with E-state index in [9.17, 15) is 4.79 Å². The Morgan fingerprint density at radius 1 is 1.56 bits per heavy atom. The van der Waals surface area contributed by atoms with Crippen molar-refractivity contribution in [2.75, 3.05) is 13.1 Å². The number of nitrogens with two attached hydrogens (primary N) is 1. The zero-order chi connectivity index (χ0) is 13.4. The lowest BCUT2D eigenvalue weighted by molar-refractivity contribution is -0.121. The van der Waals surface area contributed by atoms with Gasteiger partial charge in [-0.25, -0.2) is 4.68 Å². The molecule has 0 radical (unpaired) electrons. The van der Waals surface area contributed by atoms with Gasteiger partial charge in [0.05, 0.1) is 5.69 Å². The van der Waals surface area contributed by atoms with E-state index in [4.69, 9.17) is 5.73 Å². The van der Waals surface area contributed by atoms with Crippen molar-refractivity contribution in [2.45, 2.75) is 39.7 Å². The van der Waals surface area contributed by atoms with Gasteiger partial charge in [-0.05, 0) is 31.7 Å². The van der Waals surface area contributed by atoms with Crippen molar-refractivity contribution in [2.24, 2.45) is 11.7 Å². The molecule has 0 saturated heterocycles. The van der Waals surface area contributed by atoms with Crippen LogP contribution in [0.15, 0.2) is 6.20 Å². The zero-order valence-corrected chi connectivity index (χ0v) is 11.2. The van der Waals surface area contributed by atoms with Gasteiger partial charge < -0.3 is 11.1 Å². The van der Waals surface area contributed by atoms with E-state index < -0.39 is 0 Å². The van der Waals surface area contributed by atoms with Crippen molar-refractivity contribution in [1.29, 1.82) is 0 Å². The van der Waals surface area contributed by atoms with Crippen molar-refractivity contribution < 1.29 is 4.79 Å². The Hall–Kier alpha value is -1.43. The molecule has 0 unspecified atom stereocenters. The third-order valence-corrected chi connectivity index (χ3v) is 2.57. The van der Waals surface area contributed by atoms with Gasteiger partial charge in [0.15, 0.2) is 0 Å². The molecular formula is C12H23N5O. The summed E-state index contributed by atoms with van der Waals surface area (Å²) in [5.41, 5.74) is 6.31. The van der Waals surface area contributed by atoms with E-state index >= 15 is 0 Å². The van der Waals surface area contributed by atoms with Crippen LogP contribution < -0.4 is 11.1 Å². The van der Waals surface area contributed by atoms with E-state index in [1.165, 1.54) is 0 Å². The van der Waals surface area contributed by atoms with Gasteiger partial charge in [-0.3, -0.25) is 4.79 Å². The number of aromatic nitrogens is 3. The zero-order valence-electron chi connectivity index (χ0n) is 11.2. The molecule has 102 valence electrons. The molecule has 6 heteroatoms. The molecule has 0 spiro atoms. The summed E-state index contributed by atoms with van der Waals surface area (Å²) in [6.45, 7) is 5.85. The highest BCUT2D eigenvalue weighted by atomic mass is 16.2. The molecule has 0 atom stereocenters. The number of aryl methyl sites for hydroxylation is 1. The molecule has 0 aliphatic rings. The first-order valence-corrected chi connectivity index (χ1v) is 6.47. The Bertz CT molecular complexity index is 361. The third-order valence-electron chi connectivity index (χ3n) is 2.57. The number of rotatable bonds is 8. The lowest BCUT2D eigenvalue weighted by Crippen LogP contribution is -2.29. The molecule has 0 fully saturated rings. The van der Waals surface area contributed by atoms with Crippen LogP contribution in [-0.2, 0) is 17.8 Å². The SMILES string of the molecule is CC(C)CCNC(=O)Cn1cc(CCCN)nn1. The maximum absolute atomic E-state index is 11.6. The first-order chi connectivity index (χ1) is 8.61. The van der Waals surface area contributed by atoms with Crippen molar-refractivity contribution >= 4 is 5.91 Å². The second kappa shape index (κ2) is 7.81. The molecule has 1 aromatic heterocycles. The summed E-state index contributed by atoms with van der Waals surface area (Å²) in [6.07, 6.45) is 4.49. The average Bonchev–Trinajstić information content (AvgIpc) is 2.73. The van der Waals surface area contributed by atoms with Crippen LogP contribution >= 0.6 is 0 Å². The quantitative estimate of drug-likeness (QED) is 0.699. The summed E-state index contributed by atoms with van der Waals surface area (Å²) in [7, 11) is 0. The van der Waals surface area contributed by atoms with Crippen molar-refractivity contribution in [3.05, 3.63) is 11.9 Å². The van der Waals surface area contributed by atoms with E-state index in [0.29, 0.717) is 19.0 Å². The first kappa shape index (κ1) is 14.6. The van der Waals surface area contributed by atoms with Gasteiger partial charge in [0.1, 0.15) is 6.54 Å². The number of carbonyl (C=O) groups is 1. The highest BCUT2D eigenvalue weighted by Gasteiger charge is 2.05. The Morgan fingerprint density at radius 3 is 3.00 bits per heavy atom. The van der Waals surface area contributed by atoms with Gasteiger partial charge in [0.2, 0.25) is 5.91 Å². The molecule has 0 aromatic carbocycles. The van der Waals surface area contributed by atoms with Crippen LogP contribution in [0, 0.1) is 5.92 Å². The van der Waals surface area contributed by atoms with Gasteiger partial charge in [0.25, 0.3) is 0 Å². The van der Waals surface area contributed by atoms with Crippen LogP contribution in [0.3, 0.4) is 0 Å². The van der Waals surface area contributed by atoms with Crippen molar-refractivity contribution in [1.82, 2.24) is 20.3 Å². The molecule has 0 bridgehead atoms. The van der Waals surface area contributed by atoms with E-state index in [0.717, 1.165) is 25.0 Å². The number of nitrogens with one attached hydrogen (secondary N) is 1. The van der Waals surface area contributed by atoms with Crippen LogP contribution in [0.5, 0.6) is 0 Å². The van der Waals surface area contributed by atoms with Gasteiger partial charge in [-0.15, -0.1) is 5.10 Å². The summed E-state index contributed by atoms with van der Waals surface area (Å²) < 4.78 is 1.57. The summed E-state index contributed by atoms with van der Waals surface area (Å²) in [6, 6.07) is 0. The van der Waals surface area contributed by atoms with Gasteiger partial charge in [-0.1, -0.05) is 19.1 Å². The largest absolute Gasteiger partial charge is 0.354 e. The molecule has 1 rings (SSSR count). The van der Waals surface area contributed by atoms with Crippen LogP contribution in [0.4, 0.5) is 0 Å². The van der Waals surface area contributed by atoms with Crippen LogP contribution in [0.2, 0.25) is 0 Å². The average molecular weight is 253 g/mol. The van der Waals surface area contributed by atoms with Crippen molar-refractivity contribution in [3.63, 3.8) is 0 Å². The minimum atomic E-state index is -0.0223. The molecule has 3 N–H and O–H groups in total. The maximum Gasteiger partial charge on any atom is 0.241 e. The normalized spacial score (nSPS) is 10.9. The molecule has 6 nitrogen and oxygen atoms in total. The molecule has 1 aromatic rings. The predicted molar refractivity (Wildman–Crippen MR) is 69.9 cm³/mol. The second-order valence-corrected chi connectivity index (χ2v) is 4.83. The summed E-state index contributed by atoms with van der Waals surface area (Å²) in [4.78, 5) is 11.6. The minimum absolute atomic E-state index is 0.0223. The maximum atomic E-state index is 11.6. The Balaban J connectivity index is 2.28. The van der Waals surface area contributed by atoms with Crippen molar-refractivity contribution in [3.8, 4) is 0 Å². The summed E-state index contributed by atoms with van der Waals surface area (Å²) >= 11 is 0. The summed E-state index contributed by atoms with van der Waals surface area (Å²) in [5.74, 6) is 0.575. The molecule has 18 heavy (non-hydrogen) atoms. The lowest BCUT2D eigenvalue weighted by atomic mass is 10.1. The summed E-state index contributed by atoms with van der Waals surface area (Å²) in [5, 5.41) is 10.8. The van der Waals surface area contributed by atoms with E-state index in [2.05, 4.69) is 29.5 Å². The molecular weight excluding hydrogens is 230 g/mol. The van der Waals surface area contributed by atoms with Crippen LogP contribution in [0.25, 0.3) is 0 Å². The second-order valence-electron chi connectivity index (χ2n) is 4.83. The van der Waals surface area contributed by atoms with E-state index in [1.54, 1.807) is 10.9 Å². The third kappa shape index (κ3) is 5.77. The number of carbonyl (C=O) groups excluding carboxylic acids is 1. The predicted octanol–water partition coefficient (Wildman–Crippen LogP) is 0.332. The Kier molecular flexibility index (Phi) is 6.35. The fraction of sp³-hybridized carbons (Fsp3) is 0.750. The smallest absolute Gasteiger partial charge is 0.241 e. The highest BCUT2D eigenvalue weighted by molar-refractivity contribution is 5.75. The monoisotopic (exact) mass is 253 g/mol. The fourth-order valence-corrected chi connectivity index (χ4v) is 1.52. The molecule has 1 amide bonds. The van der Waals surface area contributed by atoms with Gasteiger partial charge in [-0.2, -0.15) is 0 Å². The van der Waals surface area contributed by atoms with Crippen LogP contribution in [-0.4, -0.2) is 34.0 Å². The topological polar surface area (TPSA) is 85.8 Å². The molecule has 0 aliphatic carbocycles. The molecule has 0 saturated carbocycles. The first-order valence-electron chi connectivity index (χ1n) is 6.47. The standard InChI is InChI=1S/C12H23N5O/c1-10(2)5-7-14-12(18)9-17-8-11(15-16-17)4-3-6-13/h8,10H,3-7,9,13H2,1-2H3,(H,14,18). The van der Waals surface area contributed by atoms with E-state index in [-0.39, 0.29) is 12.5 Å². The highest BCUT2D eigenvalue weighted by Crippen LogP contribution is 1.98. The molecule has 0 aliphatic heterocycles. The van der Waals surface area contributed by atoms with E-state index in [1.807, 2.05) is 0 Å². The fourth-order valence-electron chi connectivity index (χ4n) is 1.52. The number of hydrogen-bond acceptors (Lipinski definition) is 4.